The van der Waals surface area contributed by atoms with Crippen molar-refractivity contribution >= 4 is 10.9 Å². The number of piperazine rings is 1. The van der Waals surface area contributed by atoms with Crippen LogP contribution in [0.2, 0.25) is 0 Å². The minimum absolute atomic E-state index is 0.137. The summed E-state index contributed by atoms with van der Waals surface area (Å²) in [5, 5.41) is 13.7. The average molecular weight is 284 g/mol. The third-order valence-electron chi connectivity index (χ3n) is 4.16. The van der Waals surface area contributed by atoms with E-state index in [1.54, 1.807) is 7.11 Å². The predicted octanol–water partition coefficient (Wildman–Crippen LogP) is 2.04. The van der Waals surface area contributed by atoms with E-state index in [1.165, 1.54) is 5.56 Å². The van der Waals surface area contributed by atoms with Crippen molar-refractivity contribution in [3.63, 3.8) is 0 Å². The van der Waals surface area contributed by atoms with Crippen LogP contribution in [0.3, 0.4) is 0 Å². The van der Waals surface area contributed by atoms with Crippen molar-refractivity contribution in [2.75, 3.05) is 33.3 Å². The van der Waals surface area contributed by atoms with Crippen molar-refractivity contribution in [2.24, 2.45) is 0 Å². The molecule has 2 heterocycles. The van der Waals surface area contributed by atoms with Crippen molar-refractivity contribution in [2.45, 2.75) is 12.5 Å². The zero-order valence-electron chi connectivity index (χ0n) is 12.2. The number of ether oxygens (including phenoxy) is 1. The van der Waals surface area contributed by atoms with Crippen molar-refractivity contribution in [1.82, 2.24) is 15.2 Å². The number of benzene rings is 1. The number of aromatic amines is 1. The van der Waals surface area contributed by atoms with Crippen LogP contribution in [0.5, 0.6) is 5.75 Å². The maximum Gasteiger partial charge on any atom is 0.119 e. The van der Waals surface area contributed by atoms with E-state index < -0.39 is 0 Å². The number of hydrogen-bond donors (Lipinski definition) is 2. The molecule has 1 atom stereocenters. The zero-order valence-corrected chi connectivity index (χ0v) is 12.2. The van der Waals surface area contributed by atoms with Gasteiger partial charge in [-0.05, 0) is 23.8 Å². The quantitative estimate of drug-likeness (QED) is 0.902. The van der Waals surface area contributed by atoms with Gasteiger partial charge in [-0.15, -0.1) is 0 Å². The topological polar surface area (TPSA) is 64.1 Å². The summed E-state index contributed by atoms with van der Waals surface area (Å²) < 4.78 is 5.33. The van der Waals surface area contributed by atoms with E-state index in [2.05, 4.69) is 21.3 Å². The van der Waals surface area contributed by atoms with Gasteiger partial charge in [-0.2, -0.15) is 5.26 Å². The van der Waals surface area contributed by atoms with Gasteiger partial charge in [-0.25, -0.2) is 0 Å². The average Bonchev–Trinajstić information content (AvgIpc) is 2.96. The first-order valence-corrected chi connectivity index (χ1v) is 7.30. The largest absolute Gasteiger partial charge is 0.497 e. The second-order valence-corrected chi connectivity index (χ2v) is 5.32. The van der Waals surface area contributed by atoms with E-state index in [0.29, 0.717) is 6.42 Å². The van der Waals surface area contributed by atoms with Gasteiger partial charge in [-0.3, -0.25) is 4.90 Å². The number of nitriles is 1. The molecular formula is C16H20N4O. The van der Waals surface area contributed by atoms with E-state index in [0.717, 1.165) is 42.8 Å². The van der Waals surface area contributed by atoms with Crippen LogP contribution in [0, 0.1) is 11.3 Å². The summed E-state index contributed by atoms with van der Waals surface area (Å²) in [5.74, 6) is 0.847. The zero-order chi connectivity index (χ0) is 14.7. The molecule has 0 bridgehead atoms. The molecule has 110 valence electrons. The highest BCUT2D eigenvalue weighted by Gasteiger charge is 2.24. The number of H-pyrrole nitrogens is 1. The highest BCUT2D eigenvalue weighted by atomic mass is 16.5. The van der Waals surface area contributed by atoms with Gasteiger partial charge in [0.1, 0.15) is 5.75 Å². The van der Waals surface area contributed by atoms with Gasteiger partial charge in [0.25, 0.3) is 0 Å². The molecule has 2 aromatic rings. The summed E-state index contributed by atoms with van der Waals surface area (Å²) in [6.07, 6.45) is 2.54. The van der Waals surface area contributed by atoms with Crippen LogP contribution in [0.15, 0.2) is 24.4 Å². The Kier molecular flexibility index (Phi) is 4.09. The first-order chi connectivity index (χ1) is 10.3. The number of methoxy groups -OCH3 is 1. The number of fused-ring (bicyclic) bond motifs is 1. The number of hydrogen-bond acceptors (Lipinski definition) is 4. The van der Waals surface area contributed by atoms with Crippen LogP contribution in [-0.2, 0) is 0 Å². The van der Waals surface area contributed by atoms with Crippen LogP contribution >= 0.6 is 0 Å². The fourth-order valence-electron chi connectivity index (χ4n) is 3.04. The first kappa shape index (κ1) is 13.9. The highest BCUT2D eigenvalue weighted by Crippen LogP contribution is 2.32. The predicted molar refractivity (Wildman–Crippen MR) is 82.3 cm³/mol. The third-order valence-corrected chi connectivity index (χ3v) is 4.16. The Morgan fingerprint density at radius 3 is 2.90 bits per heavy atom. The fourth-order valence-corrected chi connectivity index (χ4v) is 3.04. The van der Waals surface area contributed by atoms with Crippen LogP contribution in [0.1, 0.15) is 18.0 Å². The van der Waals surface area contributed by atoms with E-state index in [1.807, 2.05) is 24.4 Å². The summed E-state index contributed by atoms with van der Waals surface area (Å²) in [6, 6.07) is 8.50. The van der Waals surface area contributed by atoms with Crippen LogP contribution in [0.4, 0.5) is 0 Å². The Hall–Kier alpha value is -2.03. The molecule has 2 N–H and O–H groups in total. The molecule has 0 saturated carbocycles. The van der Waals surface area contributed by atoms with Crippen LogP contribution in [-0.4, -0.2) is 43.2 Å². The molecule has 0 unspecified atom stereocenters. The molecule has 1 aromatic heterocycles. The molecule has 0 radical (unpaired) electrons. The summed E-state index contributed by atoms with van der Waals surface area (Å²) >= 11 is 0. The Labute approximate surface area is 124 Å². The SMILES string of the molecule is COc1ccc2[nH]cc([C@H](CC#N)N3CCNCC3)c2c1. The van der Waals surface area contributed by atoms with E-state index >= 15 is 0 Å². The first-order valence-electron chi connectivity index (χ1n) is 7.30. The normalized spacial score (nSPS) is 17.5. The second kappa shape index (κ2) is 6.17. The van der Waals surface area contributed by atoms with Crippen molar-refractivity contribution in [3.05, 3.63) is 30.0 Å². The second-order valence-electron chi connectivity index (χ2n) is 5.32. The van der Waals surface area contributed by atoms with Crippen LogP contribution in [0.25, 0.3) is 10.9 Å². The highest BCUT2D eigenvalue weighted by molar-refractivity contribution is 5.85. The van der Waals surface area contributed by atoms with E-state index in [9.17, 15) is 5.26 Å². The summed E-state index contributed by atoms with van der Waals surface area (Å²) in [4.78, 5) is 5.70. The molecule has 21 heavy (non-hydrogen) atoms. The lowest BCUT2D eigenvalue weighted by molar-refractivity contribution is 0.176. The Morgan fingerprint density at radius 1 is 1.38 bits per heavy atom. The van der Waals surface area contributed by atoms with Crippen molar-refractivity contribution in [1.29, 1.82) is 5.26 Å². The fraction of sp³-hybridized carbons (Fsp3) is 0.438. The molecule has 1 aromatic carbocycles. The lowest BCUT2D eigenvalue weighted by Gasteiger charge is -2.33. The minimum Gasteiger partial charge on any atom is -0.497 e. The molecular weight excluding hydrogens is 264 g/mol. The molecule has 1 fully saturated rings. The molecule has 1 aliphatic heterocycles. The minimum atomic E-state index is 0.137. The molecule has 0 spiro atoms. The summed E-state index contributed by atoms with van der Waals surface area (Å²) in [5.41, 5.74) is 2.27. The number of nitrogens with one attached hydrogen (secondary N) is 2. The third kappa shape index (κ3) is 2.73. The monoisotopic (exact) mass is 284 g/mol. The smallest absolute Gasteiger partial charge is 0.119 e. The maximum absolute atomic E-state index is 9.21. The molecule has 0 amide bonds. The Balaban J connectivity index is 2.00. The Bertz CT molecular complexity index is 652. The Morgan fingerprint density at radius 2 is 2.19 bits per heavy atom. The van der Waals surface area contributed by atoms with Gasteiger partial charge >= 0.3 is 0 Å². The van der Waals surface area contributed by atoms with Crippen LogP contribution < -0.4 is 10.1 Å². The lowest BCUT2D eigenvalue weighted by Crippen LogP contribution is -2.45. The van der Waals surface area contributed by atoms with Crippen molar-refractivity contribution in [3.8, 4) is 11.8 Å². The van der Waals surface area contributed by atoms with Gasteiger partial charge in [-0.1, -0.05) is 0 Å². The van der Waals surface area contributed by atoms with Crippen molar-refractivity contribution < 1.29 is 4.74 Å². The lowest BCUT2D eigenvalue weighted by atomic mass is 10.0. The molecule has 3 rings (SSSR count). The van der Waals surface area contributed by atoms with E-state index in [-0.39, 0.29) is 6.04 Å². The molecule has 0 aliphatic carbocycles. The van der Waals surface area contributed by atoms with Gasteiger partial charge in [0.15, 0.2) is 0 Å². The number of rotatable bonds is 4. The maximum atomic E-state index is 9.21. The molecule has 1 saturated heterocycles. The molecule has 1 aliphatic rings. The standard InChI is InChI=1S/C16H20N4O/c1-21-12-2-3-15-13(10-12)14(11-19-15)16(4-5-17)20-8-6-18-7-9-20/h2-3,10-11,16,18-19H,4,6-9H2,1H3/t16-/m0/s1. The molecule has 5 heteroatoms. The summed E-state index contributed by atoms with van der Waals surface area (Å²) in [7, 11) is 1.68. The number of nitrogens with zero attached hydrogens (tertiary/aromatic N) is 2. The van der Waals surface area contributed by atoms with E-state index in [4.69, 9.17) is 4.74 Å². The van der Waals surface area contributed by atoms with Gasteiger partial charge in [0.05, 0.1) is 19.6 Å². The van der Waals surface area contributed by atoms with Gasteiger partial charge in [0.2, 0.25) is 0 Å². The molecule has 5 nitrogen and oxygen atoms in total. The summed E-state index contributed by atoms with van der Waals surface area (Å²) in [6.45, 7) is 3.91. The number of aromatic nitrogens is 1. The van der Waals surface area contributed by atoms with Gasteiger partial charge < -0.3 is 15.0 Å². The van der Waals surface area contributed by atoms with Gasteiger partial charge in [0, 0.05) is 49.3 Å².